The van der Waals surface area contributed by atoms with Crippen molar-refractivity contribution in [3.8, 4) is 11.1 Å². The van der Waals surface area contributed by atoms with Crippen LogP contribution in [-0.4, -0.2) is 75.2 Å². The summed E-state index contributed by atoms with van der Waals surface area (Å²) in [5.41, 5.74) is 5.64. The molecule has 0 unspecified atom stereocenters. The van der Waals surface area contributed by atoms with Crippen molar-refractivity contribution < 1.29 is 38.2 Å². The van der Waals surface area contributed by atoms with Crippen molar-refractivity contribution in [2.24, 2.45) is 0 Å². The van der Waals surface area contributed by atoms with Gasteiger partial charge in [-0.1, -0.05) is 84.4 Å². The minimum absolute atomic E-state index is 0.0970. The number of carbonyl (C=O) groups excluding carboxylic acids is 6. The average Bonchev–Trinajstić information content (AvgIpc) is 3.37. The van der Waals surface area contributed by atoms with E-state index in [-0.39, 0.29) is 25.8 Å². The number of amides is 5. The minimum Gasteiger partial charge on any atom is -0.449 e. The van der Waals surface area contributed by atoms with Gasteiger partial charge in [0, 0.05) is 12.8 Å². The first-order valence-electron chi connectivity index (χ1n) is 14.4. The lowest BCUT2D eigenvalue weighted by atomic mass is 9.98. The number of ether oxygens (including phenoxy) is 2. The van der Waals surface area contributed by atoms with Crippen molar-refractivity contribution in [2.45, 2.75) is 19.8 Å². The first-order chi connectivity index (χ1) is 22.1. The molecule has 3 aromatic rings. The number of rotatable bonds is 12. The maximum Gasteiger partial charge on any atom is 0.407 e. The van der Waals surface area contributed by atoms with Gasteiger partial charge in [-0.05, 0) is 29.2 Å². The predicted octanol–water partition coefficient (Wildman–Crippen LogP) is 1.51. The van der Waals surface area contributed by atoms with Crippen LogP contribution < -0.4 is 26.6 Å². The van der Waals surface area contributed by atoms with Crippen LogP contribution in [0, 0.1) is 6.92 Å². The molecule has 1 aliphatic carbocycles. The van der Waals surface area contributed by atoms with Crippen LogP contribution in [0.2, 0.25) is 0 Å². The third kappa shape index (κ3) is 11.8. The summed E-state index contributed by atoms with van der Waals surface area (Å²) in [6, 6.07) is 26.1. The van der Waals surface area contributed by atoms with Crippen molar-refractivity contribution in [3.05, 3.63) is 95.6 Å². The van der Waals surface area contributed by atoms with E-state index in [0.717, 1.165) is 22.3 Å². The van der Waals surface area contributed by atoms with E-state index in [1.807, 2.05) is 66.7 Å². The largest absolute Gasteiger partial charge is 0.449 e. The summed E-state index contributed by atoms with van der Waals surface area (Å²) in [6.45, 7) is 1.39. The summed E-state index contributed by atoms with van der Waals surface area (Å²) in [5, 5.41) is 11.4. The van der Waals surface area contributed by atoms with E-state index < -0.39 is 55.3 Å². The molecule has 0 fully saturated rings. The fraction of sp³-hybridized carbons (Fsp3) is 0.273. The van der Waals surface area contributed by atoms with Crippen molar-refractivity contribution in [2.75, 3.05) is 39.5 Å². The molecule has 0 aliphatic heterocycles. The molecule has 1 aliphatic rings. The van der Waals surface area contributed by atoms with E-state index in [2.05, 4.69) is 50.4 Å². The first kappa shape index (κ1) is 34.8. The highest BCUT2D eigenvalue weighted by Crippen LogP contribution is 2.44. The van der Waals surface area contributed by atoms with Crippen LogP contribution >= 0.6 is 0 Å². The van der Waals surface area contributed by atoms with E-state index in [4.69, 9.17) is 4.74 Å². The van der Waals surface area contributed by atoms with Gasteiger partial charge in [-0.15, -0.1) is 0 Å². The average molecular weight is 632 g/mol. The lowest BCUT2D eigenvalue weighted by Gasteiger charge is -2.14. The molecule has 0 saturated heterocycles. The number of nitrogens with one attached hydrogen (secondary N) is 5. The minimum atomic E-state index is -0.773. The topological polar surface area (TPSA) is 181 Å². The van der Waals surface area contributed by atoms with Gasteiger partial charge >= 0.3 is 12.1 Å². The van der Waals surface area contributed by atoms with Crippen LogP contribution in [0.4, 0.5) is 4.79 Å². The molecular weight excluding hydrogens is 594 g/mol. The first-order valence-corrected chi connectivity index (χ1v) is 14.4. The molecule has 13 heteroatoms. The molecule has 242 valence electrons. The van der Waals surface area contributed by atoms with E-state index in [0.29, 0.717) is 0 Å². The van der Waals surface area contributed by atoms with Crippen LogP contribution in [0.1, 0.15) is 29.5 Å². The zero-order valence-electron chi connectivity index (χ0n) is 25.6. The predicted molar refractivity (Wildman–Crippen MR) is 168 cm³/mol. The summed E-state index contributed by atoms with van der Waals surface area (Å²) < 4.78 is 9.87. The van der Waals surface area contributed by atoms with Gasteiger partial charge in [0.25, 0.3) is 0 Å². The second-order valence-electron chi connectivity index (χ2n) is 10.0. The number of alkyl carbamates (subject to hydrolysis) is 1. The molecule has 5 amide bonds. The number of hydrogen-bond donors (Lipinski definition) is 5. The van der Waals surface area contributed by atoms with Gasteiger partial charge < -0.3 is 36.1 Å². The Kier molecular flexibility index (Phi) is 13.7. The zero-order valence-corrected chi connectivity index (χ0v) is 25.6. The number of fused-ring (bicyclic) bond motifs is 3. The number of hydrogen-bond acceptors (Lipinski definition) is 8. The summed E-state index contributed by atoms with van der Waals surface area (Å²) in [5.74, 6) is -3.21. The summed E-state index contributed by atoms with van der Waals surface area (Å²) >= 11 is 0. The lowest BCUT2D eigenvalue weighted by molar-refractivity contribution is -0.143. The Morgan fingerprint density at radius 1 is 0.565 bits per heavy atom. The molecule has 0 saturated carbocycles. The van der Waals surface area contributed by atoms with Gasteiger partial charge in [0.2, 0.25) is 23.6 Å². The molecule has 0 heterocycles. The van der Waals surface area contributed by atoms with E-state index >= 15 is 0 Å². The monoisotopic (exact) mass is 631 g/mol. The SMILES string of the molecule is CC(=O)OCNC(=O)CNC(=O)CNC(=O)CNC(=O)CNC(=O)OCC1c2ccccc2-c2ccccc21.Cc1ccccc1. The third-order valence-corrected chi connectivity index (χ3v) is 6.56. The number of carbonyl (C=O) groups is 6. The number of esters is 1. The fourth-order valence-corrected chi connectivity index (χ4v) is 4.34. The maximum atomic E-state index is 12.2. The normalized spacial score (nSPS) is 10.9. The van der Waals surface area contributed by atoms with Crippen LogP contribution in [-0.2, 0) is 33.4 Å². The Morgan fingerprint density at radius 3 is 1.46 bits per heavy atom. The molecule has 5 N–H and O–H groups in total. The number of aryl methyl sites for hydroxylation is 1. The smallest absolute Gasteiger partial charge is 0.407 e. The Bertz CT molecular complexity index is 1480. The van der Waals surface area contributed by atoms with E-state index in [1.54, 1.807) is 0 Å². The molecule has 0 radical (unpaired) electrons. The second-order valence-corrected chi connectivity index (χ2v) is 10.0. The molecule has 0 spiro atoms. The summed E-state index contributed by atoms with van der Waals surface area (Å²) in [7, 11) is 0. The van der Waals surface area contributed by atoms with Gasteiger partial charge in [-0.25, -0.2) is 4.79 Å². The van der Waals surface area contributed by atoms with Gasteiger partial charge in [-0.2, -0.15) is 0 Å². The third-order valence-electron chi connectivity index (χ3n) is 6.56. The maximum absolute atomic E-state index is 12.2. The van der Waals surface area contributed by atoms with Crippen LogP contribution in [0.5, 0.6) is 0 Å². The summed E-state index contributed by atoms with van der Waals surface area (Å²) in [4.78, 5) is 69.7. The van der Waals surface area contributed by atoms with E-state index in [1.165, 1.54) is 12.5 Å². The molecule has 46 heavy (non-hydrogen) atoms. The highest BCUT2D eigenvalue weighted by molar-refractivity contribution is 5.90. The van der Waals surface area contributed by atoms with Gasteiger partial charge in [0.1, 0.15) is 13.2 Å². The van der Waals surface area contributed by atoms with E-state index in [9.17, 15) is 28.8 Å². The van der Waals surface area contributed by atoms with Crippen molar-refractivity contribution in [1.29, 1.82) is 0 Å². The van der Waals surface area contributed by atoms with Crippen molar-refractivity contribution >= 4 is 35.7 Å². The lowest BCUT2D eigenvalue weighted by Crippen LogP contribution is -2.45. The molecule has 0 aromatic heterocycles. The van der Waals surface area contributed by atoms with Crippen LogP contribution in [0.25, 0.3) is 11.1 Å². The quantitative estimate of drug-likeness (QED) is 0.147. The Labute approximate surface area is 266 Å². The summed E-state index contributed by atoms with van der Waals surface area (Å²) in [6.07, 6.45) is -0.773. The Morgan fingerprint density at radius 2 is 1.00 bits per heavy atom. The molecule has 0 atom stereocenters. The second kappa shape index (κ2) is 18.2. The molecule has 4 rings (SSSR count). The van der Waals surface area contributed by atoms with Crippen molar-refractivity contribution in [3.63, 3.8) is 0 Å². The standard InChI is InChI=1S/C26H29N5O8.C7H8/c1-16(32)39-15-31-25(36)12-29-23(34)10-27-22(33)11-28-24(35)13-30-26(37)38-14-21-19-8-4-2-6-17(19)18-7-3-5-9-20(18)21;1-7-5-3-2-4-6-7/h2-9,21H,10-15H2,1H3,(H,27,33)(H,28,35)(H,29,34)(H,30,37)(H,31,36);2-6H,1H3. The highest BCUT2D eigenvalue weighted by atomic mass is 16.5. The molecule has 0 bridgehead atoms. The number of benzene rings is 3. The zero-order chi connectivity index (χ0) is 33.3. The van der Waals surface area contributed by atoms with Crippen molar-refractivity contribution in [1.82, 2.24) is 26.6 Å². The molecule has 13 nitrogen and oxygen atoms in total. The van der Waals surface area contributed by atoms with Gasteiger partial charge in [-0.3, -0.25) is 24.0 Å². The van der Waals surface area contributed by atoms with Gasteiger partial charge in [0.05, 0.1) is 19.6 Å². The van der Waals surface area contributed by atoms with Crippen LogP contribution in [0.3, 0.4) is 0 Å². The Hall–Kier alpha value is -5.72. The highest BCUT2D eigenvalue weighted by Gasteiger charge is 2.29. The van der Waals surface area contributed by atoms with Crippen LogP contribution in [0.15, 0.2) is 78.9 Å². The molecular formula is C33H37N5O8. The fourth-order valence-electron chi connectivity index (χ4n) is 4.34. The Balaban J connectivity index is 0.000000724. The molecule has 3 aromatic carbocycles. The van der Waals surface area contributed by atoms with Gasteiger partial charge in [0.15, 0.2) is 6.73 Å².